The van der Waals surface area contributed by atoms with Crippen LogP contribution in [-0.2, 0) is 6.61 Å². The van der Waals surface area contributed by atoms with E-state index < -0.39 is 0 Å². The van der Waals surface area contributed by atoms with Crippen molar-refractivity contribution in [1.29, 1.82) is 0 Å². The van der Waals surface area contributed by atoms with Gasteiger partial charge in [0.2, 0.25) is 0 Å². The van der Waals surface area contributed by atoms with E-state index in [-0.39, 0.29) is 6.61 Å². The van der Waals surface area contributed by atoms with Gasteiger partial charge in [-0.25, -0.2) is 0 Å². The van der Waals surface area contributed by atoms with E-state index >= 15 is 0 Å². The first kappa shape index (κ1) is 11.2. The number of rotatable bonds is 2. The molecule has 1 aliphatic rings. The SMILES string of the molecule is CC1=CCCN(c2ccc(CO)cc2C)C1. The number of aliphatic hydroxyl groups is 1. The van der Waals surface area contributed by atoms with Gasteiger partial charge in [0.1, 0.15) is 0 Å². The van der Waals surface area contributed by atoms with Crippen molar-refractivity contribution in [1.82, 2.24) is 0 Å². The Labute approximate surface area is 97.2 Å². The Morgan fingerprint density at radius 2 is 2.12 bits per heavy atom. The van der Waals surface area contributed by atoms with Gasteiger partial charge in [-0.1, -0.05) is 23.8 Å². The summed E-state index contributed by atoms with van der Waals surface area (Å²) in [5.74, 6) is 0. The Bertz CT molecular complexity index is 409. The molecule has 1 aromatic rings. The van der Waals surface area contributed by atoms with Crippen molar-refractivity contribution in [2.75, 3.05) is 18.0 Å². The molecule has 0 saturated carbocycles. The van der Waals surface area contributed by atoms with E-state index in [9.17, 15) is 0 Å². The highest BCUT2D eigenvalue weighted by Gasteiger charge is 2.12. The molecular weight excluding hydrogens is 198 g/mol. The molecule has 2 rings (SSSR count). The maximum absolute atomic E-state index is 9.08. The van der Waals surface area contributed by atoms with Crippen molar-refractivity contribution in [3.8, 4) is 0 Å². The minimum atomic E-state index is 0.125. The van der Waals surface area contributed by atoms with Crippen molar-refractivity contribution in [3.63, 3.8) is 0 Å². The summed E-state index contributed by atoms with van der Waals surface area (Å²) >= 11 is 0. The van der Waals surface area contributed by atoms with Gasteiger partial charge in [-0.15, -0.1) is 0 Å². The van der Waals surface area contributed by atoms with Gasteiger partial charge < -0.3 is 10.0 Å². The first-order chi connectivity index (χ1) is 7.70. The fourth-order valence-electron chi connectivity index (χ4n) is 2.29. The molecule has 0 amide bonds. The number of aliphatic hydroxyl groups excluding tert-OH is 1. The van der Waals surface area contributed by atoms with Gasteiger partial charge in [0.05, 0.1) is 6.61 Å². The molecule has 0 bridgehead atoms. The Balaban J connectivity index is 2.24. The monoisotopic (exact) mass is 217 g/mol. The van der Waals surface area contributed by atoms with Crippen molar-refractivity contribution >= 4 is 5.69 Å². The Hall–Kier alpha value is -1.28. The Morgan fingerprint density at radius 3 is 2.75 bits per heavy atom. The summed E-state index contributed by atoms with van der Waals surface area (Å²) in [6.45, 7) is 6.54. The highest BCUT2D eigenvalue weighted by atomic mass is 16.3. The summed E-state index contributed by atoms with van der Waals surface area (Å²) < 4.78 is 0. The molecule has 0 aromatic heterocycles. The molecule has 1 N–H and O–H groups in total. The second-order valence-electron chi connectivity index (χ2n) is 4.54. The first-order valence-electron chi connectivity index (χ1n) is 5.81. The van der Waals surface area contributed by atoms with E-state index in [0.29, 0.717) is 0 Å². The van der Waals surface area contributed by atoms with Gasteiger partial charge in [-0.3, -0.25) is 0 Å². The second-order valence-corrected chi connectivity index (χ2v) is 4.54. The van der Waals surface area contributed by atoms with Gasteiger partial charge in [-0.2, -0.15) is 0 Å². The van der Waals surface area contributed by atoms with Crippen LogP contribution in [0, 0.1) is 6.92 Å². The molecule has 0 unspecified atom stereocenters. The van der Waals surface area contributed by atoms with Crippen LogP contribution in [0.25, 0.3) is 0 Å². The lowest BCUT2D eigenvalue weighted by molar-refractivity contribution is 0.282. The molecule has 0 spiro atoms. The first-order valence-corrected chi connectivity index (χ1v) is 5.81. The fraction of sp³-hybridized carbons (Fsp3) is 0.429. The molecule has 2 nitrogen and oxygen atoms in total. The summed E-state index contributed by atoms with van der Waals surface area (Å²) in [5, 5.41) is 9.08. The third-order valence-corrected chi connectivity index (χ3v) is 3.12. The van der Waals surface area contributed by atoms with E-state index in [0.717, 1.165) is 25.1 Å². The van der Waals surface area contributed by atoms with E-state index in [4.69, 9.17) is 5.11 Å². The quantitative estimate of drug-likeness (QED) is 0.770. The molecule has 16 heavy (non-hydrogen) atoms. The van der Waals surface area contributed by atoms with Crippen LogP contribution in [0.4, 0.5) is 5.69 Å². The zero-order chi connectivity index (χ0) is 11.5. The molecular formula is C14H19NO. The van der Waals surface area contributed by atoms with Crippen LogP contribution in [0.3, 0.4) is 0 Å². The molecule has 0 atom stereocenters. The minimum Gasteiger partial charge on any atom is -0.392 e. The number of nitrogens with zero attached hydrogens (tertiary/aromatic N) is 1. The summed E-state index contributed by atoms with van der Waals surface area (Å²) in [6.07, 6.45) is 3.45. The van der Waals surface area contributed by atoms with E-state index in [1.54, 1.807) is 0 Å². The lowest BCUT2D eigenvalue weighted by Gasteiger charge is -2.29. The molecule has 86 valence electrons. The van der Waals surface area contributed by atoms with Crippen molar-refractivity contribution in [3.05, 3.63) is 41.0 Å². The number of benzene rings is 1. The zero-order valence-electron chi connectivity index (χ0n) is 10.0. The topological polar surface area (TPSA) is 23.5 Å². The Morgan fingerprint density at radius 1 is 1.31 bits per heavy atom. The highest BCUT2D eigenvalue weighted by Crippen LogP contribution is 2.24. The van der Waals surface area contributed by atoms with Gasteiger partial charge in [0.15, 0.2) is 0 Å². The van der Waals surface area contributed by atoms with Gasteiger partial charge >= 0.3 is 0 Å². The van der Waals surface area contributed by atoms with Crippen LogP contribution in [-0.4, -0.2) is 18.2 Å². The maximum Gasteiger partial charge on any atom is 0.0681 e. The lowest BCUT2D eigenvalue weighted by Crippen LogP contribution is -2.29. The van der Waals surface area contributed by atoms with Crippen LogP contribution < -0.4 is 4.90 Å². The van der Waals surface area contributed by atoms with Gasteiger partial charge in [0, 0.05) is 18.8 Å². The van der Waals surface area contributed by atoms with Crippen LogP contribution in [0.5, 0.6) is 0 Å². The number of hydrogen-bond acceptors (Lipinski definition) is 2. The molecule has 0 radical (unpaired) electrons. The Kier molecular flexibility index (Phi) is 3.30. The molecule has 0 saturated heterocycles. The largest absolute Gasteiger partial charge is 0.392 e. The standard InChI is InChI=1S/C14H19NO/c1-11-4-3-7-15(9-11)14-6-5-13(10-16)8-12(14)2/h4-6,8,16H,3,7,9-10H2,1-2H3. The second kappa shape index (κ2) is 4.71. The summed E-state index contributed by atoms with van der Waals surface area (Å²) in [4.78, 5) is 2.41. The van der Waals surface area contributed by atoms with Crippen LogP contribution in [0.1, 0.15) is 24.5 Å². The van der Waals surface area contributed by atoms with Gasteiger partial charge in [-0.05, 0) is 37.5 Å². The zero-order valence-corrected chi connectivity index (χ0v) is 10.0. The number of anilines is 1. The average Bonchev–Trinajstić information content (AvgIpc) is 2.28. The molecule has 1 aromatic carbocycles. The molecule has 0 fully saturated rings. The van der Waals surface area contributed by atoms with Crippen LogP contribution in [0.2, 0.25) is 0 Å². The highest BCUT2D eigenvalue weighted by molar-refractivity contribution is 5.55. The van der Waals surface area contributed by atoms with E-state index in [1.165, 1.54) is 16.8 Å². The van der Waals surface area contributed by atoms with Crippen LogP contribution in [0.15, 0.2) is 29.8 Å². The van der Waals surface area contributed by atoms with E-state index in [1.807, 2.05) is 6.07 Å². The number of hydrogen-bond donors (Lipinski definition) is 1. The third-order valence-electron chi connectivity index (χ3n) is 3.12. The summed E-state index contributed by atoms with van der Waals surface area (Å²) in [7, 11) is 0. The molecule has 1 aliphatic heterocycles. The third kappa shape index (κ3) is 2.27. The lowest BCUT2D eigenvalue weighted by atomic mass is 10.1. The van der Waals surface area contributed by atoms with Gasteiger partial charge in [0.25, 0.3) is 0 Å². The normalized spacial score (nSPS) is 16.2. The molecule has 1 heterocycles. The predicted octanol–water partition coefficient (Wildman–Crippen LogP) is 2.64. The minimum absolute atomic E-state index is 0.125. The van der Waals surface area contributed by atoms with E-state index in [2.05, 4.69) is 37.0 Å². The molecule has 0 aliphatic carbocycles. The summed E-state index contributed by atoms with van der Waals surface area (Å²) in [5.41, 5.74) is 4.98. The average molecular weight is 217 g/mol. The van der Waals surface area contributed by atoms with Crippen LogP contribution >= 0.6 is 0 Å². The molecule has 2 heteroatoms. The smallest absolute Gasteiger partial charge is 0.0681 e. The fourth-order valence-corrected chi connectivity index (χ4v) is 2.29. The maximum atomic E-state index is 9.08. The predicted molar refractivity (Wildman–Crippen MR) is 67.7 cm³/mol. The summed E-state index contributed by atoms with van der Waals surface area (Å²) in [6, 6.07) is 6.21. The van der Waals surface area contributed by atoms with Crippen molar-refractivity contribution in [2.45, 2.75) is 26.9 Å². The number of aryl methyl sites for hydroxylation is 1. The van der Waals surface area contributed by atoms with Crippen molar-refractivity contribution < 1.29 is 5.11 Å². The van der Waals surface area contributed by atoms with Crippen molar-refractivity contribution in [2.24, 2.45) is 0 Å².